The van der Waals surface area contributed by atoms with Crippen molar-refractivity contribution in [3.63, 3.8) is 0 Å². The molecule has 1 amide bonds. The number of amides is 1. The fourth-order valence-electron chi connectivity index (χ4n) is 3.89. The normalized spacial score (nSPS) is 11.0. The van der Waals surface area contributed by atoms with Crippen LogP contribution in [0.2, 0.25) is 10.0 Å². The fraction of sp³-hybridized carbons (Fsp3) is 0.0769. The van der Waals surface area contributed by atoms with Crippen molar-refractivity contribution in [1.29, 1.82) is 5.26 Å². The molecule has 34 heavy (non-hydrogen) atoms. The molecule has 0 unspecified atom stereocenters. The van der Waals surface area contributed by atoms with E-state index in [-0.39, 0.29) is 21.2 Å². The molecule has 3 aromatic carbocycles. The van der Waals surface area contributed by atoms with Gasteiger partial charge in [0.1, 0.15) is 23.0 Å². The number of aryl methyl sites for hydroxylation is 2. The minimum absolute atomic E-state index is 0.147. The molecular weight excluding hydrogens is 469 g/mol. The molecule has 0 spiro atoms. The number of fused-ring (bicyclic) bond motifs is 2. The average molecular weight is 486 g/mol. The molecule has 0 saturated heterocycles. The van der Waals surface area contributed by atoms with Crippen molar-refractivity contribution < 1.29 is 4.79 Å². The highest BCUT2D eigenvalue weighted by Gasteiger charge is 2.23. The van der Waals surface area contributed by atoms with Gasteiger partial charge in [-0.05, 0) is 36.2 Å². The van der Waals surface area contributed by atoms with Crippen LogP contribution in [0.1, 0.15) is 21.5 Å². The van der Waals surface area contributed by atoms with Crippen LogP contribution in [0.25, 0.3) is 22.2 Å². The van der Waals surface area contributed by atoms with Gasteiger partial charge in [0.2, 0.25) is 0 Å². The molecule has 0 saturated carbocycles. The first-order valence-electron chi connectivity index (χ1n) is 10.5. The average Bonchev–Trinajstić information content (AvgIpc) is 3.14. The van der Waals surface area contributed by atoms with E-state index in [9.17, 15) is 10.1 Å². The van der Waals surface area contributed by atoms with Crippen molar-refractivity contribution in [2.24, 2.45) is 0 Å². The van der Waals surface area contributed by atoms with Crippen molar-refractivity contribution >= 4 is 57.1 Å². The number of aromatic nitrogens is 3. The van der Waals surface area contributed by atoms with E-state index in [0.29, 0.717) is 41.0 Å². The smallest absolute Gasteiger partial charge is 0.258 e. The van der Waals surface area contributed by atoms with Crippen LogP contribution in [0.15, 0.2) is 72.8 Å². The summed E-state index contributed by atoms with van der Waals surface area (Å²) in [6, 6.07) is 24.5. The maximum absolute atomic E-state index is 13.2. The fourth-order valence-corrected chi connectivity index (χ4v) is 4.28. The number of halogens is 2. The Balaban J connectivity index is 1.66. The quantitative estimate of drug-likeness (QED) is 0.318. The Labute approximate surface area is 205 Å². The molecule has 8 heteroatoms. The first-order valence-corrected chi connectivity index (χ1v) is 11.3. The zero-order valence-electron chi connectivity index (χ0n) is 17.8. The molecule has 0 radical (unpaired) electrons. The lowest BCUT2D eigenvalue weighted by Gasteiger charge is -2.13. The number of nitrogens with zero attached hydrogens (tertiary/aromatic N) is 4. The van der Waals surface area contributed by atoms with Gasteiger partial charge in [-0.15, -0.1) is 0 Å². The summed E-state index contributed by atoms with van der Waals surface area (Å²) in [6.07, 6.45) is 0.671. The third-order valence-electron chi connectivity index (χ3n) is 5.56. The third-order valence-corrected chi connectivity index (χ3v) is 6.38. The number of benzene rings is 3. The van der Waals surface area contributed by atoms with Gasteiger partial charge in [0.15, 0.2) is 5.65 Å². The largest absolute Gasteiger partial charge is 0.309 e. The third kappa shape index (κ3) is 3.96. The minimum Gasteiger partial charge on any atom is -0.309 e. The van der Waals surface area contributed by atoms with Gasteiger partial charge in [-0.25, -0.2) is 9.97 Å². The Morgan fingerprint density at radius 3 is 2.38 bits per heavy atom. The number of nitrogens with one attached hydrogen (secondary N) is 1. The Bertz CT molecular complexity index is 1590. The molecule has 0 fully saturated rings. The number of hydrogen-bond donors (Lipinski definition) is 1. The van der Waals surface area contributed by atoms with Crippen LogP contribution in [0, 0.1) is 11.3 Å². The number of para-hydroxylation sites is 2. The number of hydrogen-bond acceptors (Lipinski definition) is 4. The molecule has 2 aromatic heterocycles. The van der Waals surface area contributed by atoms with Gasteiger partial charge < -0.3 is 9.88 Å². The molecule has 6 nitrogen and oxygen atoms in total. The van der Waals surface area contributed by atoms with Gasteiger partial charge in [0, 0.05) is 6.54 Å². The number of carbonyl (C=O) groups excluding carboxylic acids is 1. The van der Waals surface area contributed by atoms with Crippen LogP contribution < -0.4 is 5.32 Å². The Morgan fingerprint density at radius 2 is 1.65 bits per heavy atom. The second-order valence-corrected chi connectivity index (χ2v) is 8.45. The maximum atomic E-state index is 13.2. The highest BCUT2D eigenvalue weighted by molar-refractivity contribution is 6.44. The van der Waals surface area contributed by atoms with Crippen molar-refractivity contribution in [3.05, 3.63) is 99.5 Å². The summed E-state index contributed by atoms with van der Waals surface area (Å²) in [6.45, 7) is 0.480. The zero-order chi connectivity index (χ0) is 23.7. The Hall–Kier alpha value is -3.92. The molecule has 166 valence electrons. The molecule has 1 N–H and O–H groups in total. The van der Waals surface area contributed by atoms with Crippen LogP contribution in [0.3, 0.4) is 0 Å². The minimum atomic E-state index is -0.475. The van der Waals surface area contributed by atoms with Crippen LogP contribution >= 0.6 is 23.2 Å². The summed E-state index contributed by atoms with van der Waals surface area (Å²) in [5.74, 6) is -0.151. The summed E-state index contributed by atoms with van der Waals surface area (Å²) in [5.41, 5.74) is 3.90. The number of carbonyl (C=O) groups is 1. The van der Waals surface area contributed by atoms with E-state index >= 15 is 0 Å². The highest BCUT2D eigenvalue weighted by Crippen LogP contribution is 2.31. The standard InChI is InChI=1S/C26H17Cl2N5O/c27-19-10-6-9-17(22(19)28)26(34)32-24-18(15-29)23-25(31-21-12-5-4-11-20(21)30-23)33(24)14-13-16-7-2-1-3-8-16/h1-12H,13-14H2,(H,32,34). The summed E-state index contributed by atoms with van der Waals surface area (Å²) < 4.78 is 1.83. The molecule has 2 heterocycles. The van der Waals surface area contributed by atoms with E-state index in [1.807, 2.05) is 59.2 Å². The first-order chi connectivity index (χ1) is 16.6. The number of anilines is 1. The summed E-state index contributed by atoms with van der Waals surface area (Å²) in [5, 5.41) is 13.3. The van der Waals surface area contributed by atoms with E-state index in [1.165, 1.54) is 0 Å². The van der Waals surface area contributed by atoms with Gasteiger partial charge in [-0.1, -0.05) is 71.7 Å². The van der Waals surface area contributed by atoms with Crippen LogP contribution in [0.5, 0.6) is 0 Å². The van der Waals surface area contributed by atoms with Crippen LogP contribution in [-0.4, -0.2) is 20.4 Å². The van der Waals surface area contributed by atoms with E-state index in [0.717, 1.165) is 5.56 Å². The van der Waals surface area contributed by atoms with Crippen LogP contribution in [0.4, 0.5) is 5.82 Å². The van der Waals surface area contributed by atoms with Crippen molar-refractivity contribution in [2.75, 3.05) is 5.32 Å². The lowest BCUT2D eigenvalue weighted by atomic mass is 10.1. The second kappa shape index (κ2) is 9.14. The van der Waals surface area contributed by atoms with Gasteiger partial charge in [0.25, 0.3) is 5.91 Å². The van der Waals surface area contributed by atoms with Gasteiger partial charge in [-0.2, -0.15) is 5.26 Å². The molecular formula is C26H17Cl2N5O. The topological polar surface area (TPSA) is 83.6 Å². The number of nitriles is 1. The number of rotatable bonds is 5. The second-order valence-electron chi connectivity index (χ2n) is 7.66. The SMILES string of the molecule is N#Cc1c(NC(=O)c2cccc(Cl)c2Cl)n(CCc2ccccc2)c2nc3ccccc3nc12. The van der Waals surface area contributed by atoms with Crippen molar-refractivity contribution in [1.82, 2.24) is 14.5 Å². The molecule has 0 aliphatic carbocycles. The van der Waals surface area contributed by atoms with Crippen molar-refractivity contribution in [2.45, 2.75) is 13.0 Å². The van der Waals surface area contributed by atoms with E-state index in [4.69, 9.17) is 33.2 Å². The van der Waals surface area contributed by atoms with E-state index in [1.54, 1.807) is 18.2 Å². The maximum Gasteiger partial charge on any atom is 0.258 e. The lowest BCUT2D eigenvalue weighted by molar-refractivity contribution is 0.102. The zero-order valence-corrected chi connectivity index (χ0v) is 19.3. The lowest BCUT2D eigenvalue weighted by Crippen LogP contribution is -2.17. The van der Waals surface area contributed by atoms with Gasteiger partial charge >= 0.3 is 0 Å². The molecule has 0 atom stereocenters. The summed E-state index contributed by atoms with van der Waals surface area (Å²) in [7, 11) is 0. The Morgan fingerprint density at radius 1 is 0.941 bits per heavy atom. The molecule has 0 aliphatic heterocycles. The highest BCUT2D eigenvalue weighted by atomic mass is 35.5. The van der Waals surface area contributed by atoms with E-state index < -0.39 is 5.91 Å². The van der Waals surface area contributed by atoms with E-state index in [2.05, 4.69) is 11.4 Å². The van der Waals surface area contributed by atoms with Gasteiger partial charge in [0.05, 0.1) is 26.6 Å². The van der Waals surface area contributed by atoms with Crippen LogP contribution in [-0.2, 0) is 13.0 Å². The monoisotopic (exact) mass is 485 g/mol. The predicted octanol–water partition coefficient (Wildman–Crippen LogP) is 6.26. The predicted molar refractivity (Wildman–Crippen MR) is 134 cm³/mol. The first kappa shape index (κ1) is 21.9. The van der Waals surface area contributed by atoms with Crippen molar-refractivity contribution in [3.8, 4) is 6.07 Å². The van der Waals surface area contributed by atoms with Gasteiger partial charge in [-0.3, -0.25) is 4.79 Å². The molecule has 0 aliphatic rings. The molecule has 5 aromatic rings. The summed E-state index contributed by atoms with van der Waals surface area (Å²) in [4.78, 5) is 22.6. The molecule has 5 rings (SSSR count). The Kier molecular flexibility index (Phi) is 5.89. The molecule has 0 bridgehead atoms. The summed E-state index contributed by atoms with van der Waals surface area (Å²) >= 11 is 12.4.